The van der Waals surface area contributed by atoms with Gasteiger partial charge >= 0.3 is 0 Å². The molecule has 1 N–H and O–H groups in total. The molecule has 2 atom stereocenters. The van der Waals surface area contributed by atoms with Crippen LogP contribution in [0.25, 0.3) is 0 Å². The third-order valence-electron chi connectivity index (χ3n) is 4.76. The molecule has 1 saturated carbocycles. The Balaban J connectivity index is 1.71. The number of nitrogens with zero attached hydrogens (tertiary/aromatic N) is 2. The van der Waals surface area contributed by atoms with E-state index in [0.29, 0.717) is 0 Å². The molecular weight excluding hydrogens is 222 g/mol. The molecule has 0 aromatic rings. The summed E-state index contributed by atoms with van der Waals surface area (Å²) < 4.78 is 0. The van der Waals surface area contributed by atoms with Crippen LogP contribution in [0.2, 0.25) is 0 Å². The van der Waals surface area contributed by atoms with E-state index in [2.05, 4.69) is 36.0 Å². The first kappa shape index (κ1) is 14.3. The largest absolute Gasteiger partial charge is 0.314 e. The molecule has 3 heteroatoms. The lowest BCUT2D eigenvalue weighted by Gasteiger charge is -2.38. The average Bonchev–Trinajstić information content (AvgIpc) is 2.36. The molecule has 2 rings (SSSR count). The van der Waals surface area contributed by atoms with E-state index in [1.165, 1.54) is 58.5 Å². The Hall–Kier alpha value is -0.120. The van der Waals surface area contributed by atoms with E-state index in [0.717, 1.165) is 17.9 Å². The Labute approximate surface area is 113 Å². The molecule has 2 unspecified atom stereocenters. The van der Waals surface area contributed by atoms with Crippen molar-refractivity contribution in [2.45, 2.75) is 39.2 Å². The van der Waals surface area contributed by atoms with Crippen LogP contribution in [0.1, 0.15) is 33.1 Å². The molecule has 1 saturated heterocycles. The van der Waals surface area contributed by atoms with Crippen LogP contribution >= 0.6 is 0 Å². The van der Waals surface area contributed by atoms with Gasteiger partial charge in [0.1, 0.15) is 0 Å². The van der Waals surface area contributed by atoms with Gasteiger partial charge in [-0.05, 0) is 38.1 Å². The van der Waals surface area contributed by atoms with Gasteiger partial charge < -0.3 is 10.2 Å². The standard InChI is InChI=1S/C15H31N3/c1-13-10-14(2)12-15(11-13)17(3)8-9-18-6-4-16-5-7-18/h13-16H,4-12H2,1-3H3. The second-order valence-corrected chi connectivity index (χ2v) is 6.64. The third kappa shape index (κ3) is 4.22. The minimum absolute atomic E-state index is 0.826. The fraction of sp³-hybridized carbons (Fsp3) is 1.00. The summed E-state index contributed by atoms with van der Waals surface area (Å²) in [6.07, 6.45) is 4.24. The first-order chi connectivity index (χ1) is 8.65. The van der Waals surface area contributed by atoms with Gasteiger partial charge in [-0.2, -0.15) is 0 Å². The second-order valence-electron chi connectivity index (χ2n) is 6.64. The minimum atomic E-state index is 0.826. The van der Waals surface area contributed by atoms with Crippen molar-refractivity contribution in [1.82, 2.24) is 15.1 Å². The van der Waals surface area contributed by atoms with Gasteiger partial charge in [-0.1, -0.05) is 13.8 Å². The van der Waals surface area contributed by atoms with Crippen LogP contribution in [0.3, 0.4) is 0 Å². The van der Waals surface area contributed by atoms with Gasteiger partial charge in [-0.3, -0.25) is 4.90 Å². The maximum Gasteiger partial charge on any atom is 0.0110 e. The van der Waals surface area contributed by atoms with Crippen molar-refractivity contribution in [3.8, 4) is 0 Å². The van der Waals surface area contributed by atoms with Gasteiger partial charge in [-0.25, -0.2) is 0 Å². The molecule has 1 aliphatic carbocycles. The number of hydrogen-bond donors (Lipinski definition) is 1. The Kier molecular flexibility index (Phi) is 5.46. The van der Waals surface area contributed by atoms with E-state index in [-0.39, 0.29) is 0 Å². The van der Waals surface area contributed by atoms with E-state index >= 15 is 0 Å². The molecule has 2 aliphatic rings. The van der Waals surface area contributed by atoms with Gasteiger partial charge in [0, 0.05) is 45.3 Å². The van der Waals surface area contributed by atoms with Crippen molar-refractivity contribution in [1.29, 1.82) is 0 Å². The first-order valence-electron chi connectivity index (χ1n) is 7.78. The zero-order chi connectivity index (χ0) is 13.0. The van der Waals surface area contributed by atoms with Crippen molar-refractivity contribution >= 4 is 0 Å². The predicted molar refractivity (Wildman–Crippen MR) is 77.9 cm³/mol. The summed E-state index contributed by atoms with van der Waals surface area (Å²) >= 11 is 0. The quantitative estimate of drug-likeness (QED) is 0.822. The van der Waals surface area contributed by atoms with Crippen LogP contribution in [0, 0.1) is 11.8 Å². The van der Waals surface area contributed by atoms with E-state index in [1.54, 1.807) is 0 Å². The van der Waals surface area contributed by atoms with Crippen LogP contribution in [-0.4, -0.2) is 62.2 Å². The smallest absolute Gasteiger partial charge is 0.0110 e. The highest BCUT2D eigenvalue weighted by molar-refractivity contribution is 4.81. The summed E-state index contributed by atoms with van der Waals surface area (Å²) in [5.74, 6) is 1.83. The SMILES string of the molecule is CC1CC(C)CC(N(C)CCN2CCNCC2)C1. The summed E-state index contributed by atoms with van der Waals surface area (Å²) in [6, 6.07) is 0.826. The van der Waals surface area contributed by atoms with Crippen LogP contribution in [0.5, 0.6) is 0 Å². The average molecular weight is 253 g/mol. The predicted octanol–water partition coefficient (Wildman–Crippen LogP) is 1.65. The van der Waals surface area contributed by atoms with Crippen molar-refractivity contribution in [3.05, 3.63) is 0 Å². The maximum absolute atomic E-state index is 3.42. The Morgan fingerprint density at radius 2 is 1.67 bits per heavy atom. The summed E-state index contributed by atoms with van der Waals surface area (Å²) in [7, 11) is 2.33. The topological polar surface area (TPSA) is 18.5 Å². The molecule has 18 heavy (non-hydrogen) atoms. The lowest BCUT2D eigenvalue weighted by atomic mass is 9.80. The number of piperazine rings is 1. The number of hydrogen-bond acceptors (Lipinski definition) is 3. The zero-order valence-corrected chi connectivity index (χ0v) is 12.5. The van der Waals surface area contributed by atoms with Gasteiger partial charge in [0.2, 0.25) is 0 Å². The molecule has 0 aromatic heterocycles. The lowest BCUT2D eigenvalue weighted by Crippen LogP contribution is -2.47. The van der Waals surface area contributed by atoms with Crippen LogP contribution in [0.15, 0.2) is 0 Å². The van der Waals surface area contributed by atoms with Crippen molar-refractivity contribution in [2.75, 3.05) is 46.3 Å². The summed E-state index contributed by atoms with van der Waals surface area (Å²) in [6.45, 7) is 12.1. The zero-order valence-electron chi connectivity index (χ0n) is 12.5. The molecule has 1 aliphatic heterocycles. The molecule has 3 nitrogen and oxygen atoms in total. The van der Waals surface area contributed by atoms with Crippen molar-refractivity contribution in [3.63, 3.8) is 0 Å². The van der Waals surface area contributed by atoms with Gasteiger partial charge in [0.15, 0.2) is 0 Å². The summed E-state index contributed by atoms with van der Waals surface area (Å²) in [5.41, 5.74) is 0. The fourth-order valence-corrected chi connectivity index (χ4v) is 3.68. The van der Waals surface area contributed by atoms with E-state index < -0.39 is 0 Å². The molecule has 2 fully saturated rings. The normalized spacial score (nSPS) is 35.0. The van der Waals surface area contributed by atoms with Crippen molar-refractivity contribution in [2.24, 2.45) is 11.8 Å². The fourth-order valence-electron chi connectivity index (χ4n) is 3.68. The summed E-state index contributed by atoms with van der Waals surface area (Å²) in [5, 5.41) is 3.42. The molecule has 0 spiro atoms. The maximum atomic E-state index is 3.42. The molecule has 0 amide bonds. The highest BCUT2D eigenvalue weighted by Gasteiger charge is 2.26. The first-order valence-corrected chi connectivity index (χ1v) is 7.78. The highest BCUT2D eigenvalue weighted by Crippen LogP contribution is 2.30. The number of nitrogens with one attached hydrogen (secondary N) is 1. The van der Waals surface area contributed by atoms with Gasteiger partial charge in [-0.15, -0.1) is 0 Å². The molecule has 1 heterocycles. The number of rotatable bonds is 4. The summed E-state index contributed by atoms with van der Waals surface area (Å²) in [4.78, 5) is 5.22. The van der Waals surface area contributed by atoms with Gasteiger partial charge in [0.05, 0.1) is 0 Å². The molecule has 0 radical (unpaired) electrons. The lowest BCUT2D eigenvalue weighted by molar-refractivity contribution is 0.116. The second kappa shape index (κ2) is 6.88. The minimum Gasteiger partial charge on any atom is -0.314 e. The van der Waals surface area contributed by atoms with Crippen LogP contribution in [-0.2, 0) is 0 Å². The van der Waals surface area contributed by atoms with Crippen LogP contribution < -0.4 is 5.32 Å². The van der Waals surface area contributed by atoms with Crippen LogP contribution in [0.4, 0.5) is 0 Å². The van der Waals surface area contributed by atoms with E-state index in [4.69, 9.17) is 0 Å². The molecule has 0 aromatic carbocycles. The Morgan fingerprint density at radius 3 is 2.28 bits per heavy atom. The van der Waals surface area contributed by atoms with Gasteiger partial charge in [0.25, 0.3) is 0 Å². The monoisotopic (exact) mass is 253 g/mol. The Morgan fingerprint density at radius 1 is 1.06 bits per heavy atom. The molecule has 106 valence electrons. The van der Waals surface area contributed by atoms with E-state index in [9.17, 15) is 0 Å². The third-order valence-corrected chi connectivity index (χ3v) is 4.76. The highest BCUT2D eigenvalue weighted by atomic mass is 15.2. The Bertz CT molecular complexity index is 228. The number of likely N-dealkylation sites (N-methyl/N-ethyl adjacent to an activating group) is 1. The van der Waals surface area contributed by atoms with E-state index in [1.807, 2.05) is 0 Å². The molecule has 0 bridgehead atoms. The van der Waals surface area contributed by atoms with Crippen molar-refractivity contribution < 1.29 is 0 Å². The molecular formula is C15H31N3.